The van der Waals surface area contributed by atoms with Crippen LogP contribution in [0.4, 0.5) is 5.13 Å². The van der Waals surface area contributed by atoms with E-state index in [-0.39, 0.29) is 5.91 Å². The molecule has 8 heteroatoms. The lowest BCUT2D eigenvalue weighted by Gasteiger charge is -1.98. The van der Waals surface area contributed by atoms with Gasteiger partial charge in [0.2, 0.25) is 5.13 Å². The zero-order valence-corrected chi connectivity index (χ0v) is 16.4. The summed E-state index contributed by atoms with van der Waals surface area (Å²) in [5, 5.41) is 12.6. The van der Waals surface area contributed by atoms with Crippen LogP contribution in [0.3, 0.4) is 0 Å². The largest absolute Gasteiger partial charge is 0.296 e. The Hall–Kier alpha value is -1.77. The maximum Gasteiger partial charge on any atom is 0.269 e. The number of carbonyl (C=O) groups excluding carboxylic acids is 1. The van der Waals surface area contributed by atoms with Gasteiger partial charge in [-0.25, -0.2) is 4.98 Å². The zero-order valence-electron chi connectivity index (χ0n) is 14.0. The number of aryl methyl sites for hydroxylation is 2. The summed E-state index contributed by atoms with van der Waals surface area (Å²) < 4.78 is 0.840. The predicted octanol–water partition coefficient (Wildman–Crippen LogP) is 4.80. The van der Waals surface area contributed by atoms with Crippen LogP contribution in [0.1, 0.15) is 39.3 Å². The highest BCUT2D eigenvalue weighted by atomic mass is 32.2. The number of nitrogens with one attached hydrogen (secondary N) is 1. The Morgan fingerprint density at radius 3 is 2.76 bits per heavy atom. The molecule has 0 aliphatic heterocycles. The average molecular weight is 391 g/mol. The molecule has 3 aromatic rings. The fraction of sp³-hybridized carbons (Fsp3) is 0.294. The minimum atomic E-state index is -0.159. The molecule has 0 saturated carbocycles. The molecule has 2 heterocycles. The van der Waals surface area contributed by atoms with Gasteiger partial charge in [0.25, 0.3) is 5.91 Å². The number of thiazole rings is 1. The van der Waals surface area contributed by atoms with Gasteiger partial charge in [0.05, 0.1) is 10.7 Å². The van der Waals surface area contributed by atoms with Crippen LogP contribution in [0, 0.1) is 6.92 Å². The second-order valence-corrected chi connectivity index (χ2v) is 8.66. The molecule has 0 saturated heterocycles. The third-order valence-corrected chi connectivity index (χ3v) is 6.60. The molecule has 0 aliphatic rings. The quantitative estimate of drug-likeness (QED) is 0.463. The van der Waals surface area contributed by atoms with Gasteiger partial charge >= 0.3 is 0 Å². The van der Waals surface area contributed by atoms with Gasteiger partial charge in [0.15, 0.2) is 4.34 Å². The Kier molecular flexibility index (Phi) is 6.17. The average Bonchev–Trinajstić information content (AvgIpc) is 3.20. The summed E-state index contributed by atoms with van der Waals surface area (Å²) in [6.07, 6.45) is 1.92. The number of amides is 1. The van der Waals surface area contributed by atoms with E-state index in [0.717, 1.165) is 33.6 Å². The second-order valence-electron chi connectivity index (χ2n) is 5.37. The molecule has 3 rings (SSSR count). The SMILES string of the molecule is CCCc1nc(C)c(C(=O)Nc2nnc(SCc3ccccc3)s2)s1. The van der Waals surface area contributed by atoms with E-state index < -0.39 is 0 Å². The number of nitrogens with zero attached hydrogens (tertiary/aromatic N) is 3. The van der Waals surface area contributed by atoms with Crippen LogP contribution in [-0.2, 0) is 12.2 Å². The van der Waals surface area contributed by atoms with Crippen molar-refractivity contribution in [2.45, 2.75) is 36.8 Å². The first-order chi connectivity index (χ1) is 12.2. The Morgan fingerprint density at radius 2 is 2.00 bits per heavy atom. The number of thioether (sulfide) groups is 1. The molecule has 0 spiro atoms. The number of aromatic nitrogens is 3. The molecule has 130 valence electrons. The minimum Gasteiger partial charge on any atom is -0.296 e. The summed E-state index contributed by atoms with van der Waals surface area (Å²) in [6, 6.07) is 10.2. The number of anilines is 1. The number of benzene rings is 1. The van der Waals surface area contributed by atoms with Crippen LogP contribution in [0.25, 0.3) is 0 Å². The van der Waals surface area contributed by atoms with Crippen molar-refractivity contribution in [3.63, 3.8) is 0 Å². The lowest BCUT2D eigenvalue weighted by Crippen LogP contribution is -2.11. The first kappa shape index (κ1) is 18.0. The zero-order chi connectivity index (χ0) is 17.6. The summed E-state index contributed by atoms with van der Waals surface area (Å²) in [6.45, 7) is 3.97. The van der Waals surface area contributed by atoms with E-state index in [4.69, 9.17) is 0 Å². The van der Waals surface area contributed by atoms with Crippen LogP contribution >= 0.6 is 34.4 Å². The van der Waals surface area contributed by atoms with Crippen molar-refractivity contribution < 1.29 is 4.79 Å². The summed E-state index contributed by atoms with van der Waals surface area (Å²) in [5.74, 6) is 0.672. The van der Waals surface area contributed by atoms with Gasteiger partial charge < -0.3 is 0 Å². The lowest BCUT2D eigenvalue weighted by atomic mass is 10.2. The fourth-order valence-electron chi connectivity index (χ4n) is 2.18. The molecular weight excluding hydrogens is 372 g/mol. The standard InChI is InChI=1S/C17H18N4OS3/c1-3-7-13-18-11(2)14(24-13)15(22)19-16-20-21-17(25-16)23-10-12-8-5-4-6-9-12/h4-6,8-9H,3,7,10H2,1-2H3,(H,19,20,22). The van der Waals surface area contributed by atoms with Crippen molar-refractivity contribution in [1.29, 1.82) is 0 Å². The highest BCUT2D eigenvalue weighted by molar-refractivity contribution is 8.00. The summed E-state index contributed by atoms with van der Waals surface area (Å²) in [7, 11) is 0. The van der Waals surface area contributed by atoms with E-state index in [1.165, 1.54) is 28.2 Å². The Morgan fingerprint density at radius 1 is 1.20 bits per heavy atom. The molecule has 25 heavy (non-hydrogen) atoms. The highest BCUT2D eigenvalue weighted by Crippen LogP contribution is 2.29. The van der Waals surface area contributed by atoms with Gasteiger partial charge in [0.1, 0.15) is 4.88 Å². The highest BCUT2D eigenvalue weighted by Gasteiger charge is 2.17. The fourth-order valence-corrected chi connectivity index (χ4v) is 4.94. The lowest BCUT2D eigenvalue weighted by molar-refractivity contribution is 0.102. The van der Waals surface area contributed by atoms with Gasteiger partial charge in [-0.3, -0.25) is 10.1 Å². The molecule has 0 unspecified atom stereocenters. The van der Waals surface area contributed by atoms with Crippen molar-refractivity contribution >= 4 is 45.5 Å². The topological polar surface area (TPSA) is 67.8 Å². The molecule has 0 fully saturated rings. The van der Waals surface area contributed by atoms with Crippen molar-refractivity contribution in [2.75, 3.05) is 5.32 Å². The van der Waals surface area contributed by atoms with Gasteiger partial charge in [-0.05, 0) is 25.3 Å². The van der Waals surface area contributed by atoms with E-state index in [1.54, 1.807) is 11.8 Å². The van der Waals surface area contributed by atoms with Crippen molar-refractivity contribution in [1.82, 2.24) is 15.2 Å². The normalized spacial score (nSPS) is 10.8. The van der Waals surface area contributed by atoms with Gasteiger partial charge in [-0.1, -0.05) is 60.4 Å². The van der Waals surface area contributed by atoms with Crippen LogP contribution in [0.15, 0.2) is 34.7 Å². The molecular formula is C17H18N4OS3. The van der Waals surface area contributed by atoms with Crippen LogP contribution in [-0.4, -0.2) is 21.1 Å². The van der Waals surface area contributed by atoms with Gasteiger partial charge in [-0.2, -0.15) is 0 Å². The minimum absolute atomic E-state index is 0.159. The van der Waals surface area contributed by atoms with Crippen molar-refractivity contribution in [3.8, 4) is 0 Å². The second kappa shape index (κ2) is 8.55. The summed E-state index contributed by atoms with van der Waals surface area (Å²) in [5.41, 5.74) is 2.01. The number of hydrogen-bond donors (Lipinski definition) is 1. The van der Waals surface area contributed by atoms with E-state index >= 15 is 0 Å². The monoisotopic (exact) mass is 390 g/mol. The first-order valence-electron chi connectivity index (χ1n) is 7.93. The molecule has 2 aromatic heterocycles. The molecule has 0 bridgehead atoms. The van der Waals surface area contributed by atoms with Gasteiger partial charge in [-0.15, -0.1) is 21.5 Å². The molecule has 5 nitrogen and oxygen atoms in total. The summed E-state index contributed by atoms with van der Waals surface area (Å²) in [4.78, 5) is 17.5. The molecule has 1 N–H and O–H groups in total. The predicted molar refractivity (Wildman–Crippen MR) is 105 cm³/mol. The number of rotatable bonds is 7. The number of carbonyl (C=O) groups is 1. The number of hydrogen-bond acceptors (Lipinski definition) is 7. The van der Waals surface area contributed by atoms with Gasteiger partial charge in [0, 0.05) is 5.75 Å². The Labute approximate surface area is 158 Å². The molecule has 1 aromatic carbocycles. The molecule has 0 radical (unpaired) electrons. The van der Waals surface area contributed by atoms with E-state index in [9.17, 15) is 4.79 Å². The van der Waals surface area contributed by atoms with Crippen molar-refractivity contribution in [2.24, 2.45) is 0 Å². The maximum atomic E-state index is 12.4. The van der Waals surface area contributed by atoms with E-state index in [2.05, 4.69) is 39.6 Å². The molecule has 0 atom stereocenters. The van der Waals surface area contributed by atoms with E-state index in [1.807, 2.05) is 25.1 Å². The maximum absolute atomic E-state index is 12.4. The molecule has 0 aliphatic carbocycles. The van der Waals surface area contributed by atoms with Crippen LogP contribution in [0.2, 0.25) is 0 Å². The third-order valence-electron chi connectivity index (χ3n) is 3.34. The third kappa shape index (κ3) is 4.87. The van der Waals surface area contributed by atoms with E-state index in [0.29, 0.717) is 10.0 Å². The van der Waals surface area contributed by atoms with Crippen LogP contribution < -0.4 is 5.32 Å². The Bertz CT molecular complexity index is 845. The van der Waals surface area contributed by atoms with Crippen molar-refractivity contribution in [3.05, 3.63) is 51.5 Å². The molecule has 1 amide bonds. The van der Waals surface area contributed by atoms with Crippen LogP contribution in [0.5, 0.6) is 0 Å². The summed E-state index contributed by atoms with van der Waals surface area (Å²) >= 11 is 4.46. The smallest absolute Gasteiger partial charge is 0.269 e. The first-order valence-corrected chi connectivity index (χ1v) is 10.6. The Balaban J connectivity index is 1.60.